The standard InChI is InChI=1S/C26H20N2O5/c1-16-3-7-20(8-4-16)25(30)32-22-13-5-18(6-14-22)15-23-26(31)33-24(28-23)19-9-11-21(12-10-19)27-17(2)29/h3-15H,1-2H3,(H,27,29)/b23-15-. The number of anilines is 1. The predicted octanol–water partition coefficient (Wildman–Crippen LogP) is 4.52. The van der Waals surface area contributed by atoms with Crippen LogP contribution in [0.15, 0.2) is 83.5 Å². The first-order chi connectivity index (χ1) is 15.9. The molecule has 1 heterocycles. The summed E-state index contributed by atoms with van der Waals surface area (Å²) in [5, 5.41) is 2.67. The Morgan fingerprint density at radius 3 is 2.24 bits per heavy atom. The number of carbonyl (C=O) groups excluding carboxylic acids is 3. The maximum atomic E-state index is 12.2. The number of carbonyl (C=O) groups is 3. The van der Waals surface area contributed by atoms with Crippen molar-refractivity contribution in [1.82, 2.24) is 0 Å². The van der Waals surface area contributed by atoms with E-state index >= 15 is 0 Å². The van der Waals surface area contributed by atoms with E-state index in [0.29, 0.717) is 28.1 Å². The number of rotatable bonds is 5. The van der Waals surface area contributed by atoms with Crippen LogP contribution in [0.5, 0.6) is 5.75 Å². The molecule has 0 unspecified atom stereocenters. The Labute approximate surface area is 190 Å². The molecule has 33 heavy (non-hydrogen) atoms. The molecule has 0 spiro atoms. The van der Waals surface area contributed by atoms with Gasteiger partial charge in [-0.25, -0.2) is 14.6 Å². The quantitative estimate of drug-likeness (QED) is 0.358. The van der Waals surface area contributed by atoms with Crippen molar-refractivity contribution in [2.75, 3.05) is 5.32 Å². The lowest BCUT2D eigenvalue weighted by Crippen LogP contribution is -2.08. The highest BCUT2D eigenvalue weighted by Crippen LogP contribution is 2.22. The molecule has 0 fully saturated rings. The summed E-state index contributed by atoms with van der Waals surface area (Å²) in [5.41, 5.74) is 3.62. The molecule has 7 heteroatoms. The van der Waals surface area contributed by atoms with Gasteiger partial charge in [0.15, 0.2) is 5.70 Å². The molecule has 0 atom stereocenters. The maximum absolute atomic E-state index is 12.2. The number of amides is 1. The van der Waals surface area contributed by atoms with E-state index in [2.05, 4.69) is 10.3 Å². The van der Waals surface area contributed by atoms with Gasteiger partial charge in [0.05, 0.1) is 5.56 Å². The smallest absolute Gasteiger partial charge is 0.363 e. The third-order valence-electron chi connectivity index (χ3n) is 4.75. The van der Waals surface area contributed by atoms with Crippen molar-refractivity contribution in [3.8, 4) is 5.75 Å². The lowest BCUT2D eigenvalue weighted by Gasteiger charge is -2.05. The van der Waals surface area contributed by atoms with E-state index in [1.165, 1.54) is 6.92 Å². The number of hydrogen-bond acceptors (Lipinski definition) is 6. The van der Waals surface area contributed by atoms with Crippen LogP contribution < -0.4 is 10.1 Å². The molecular weight excluding hydrogens is 420 g/mol. The minimum Gasteiger partial charge on any atom is -0.423 e. The number of esters is 2. The summed E-state index contributed by atoms with van der Waals surface area (Å²) in [5.74, 6) is -0.608. The lowest BCUT2D eigenvalue weighted by molar-refractivity contribution is -0.129. The maximum Gasteiger partial charge on any atom is 0.363 e. The zero-order valence-corrected chi connectivity index (χ0v) is 18.0. The number of aryl methyl sites for hydroxylation is 1. The molecule has 1 aliphatic rings. The Kier molecular flexibility index (Phi) is 6.13. The molecule has 3 aromatic rings. The van der Waals surface area contributed by atoms with Crippen molar-refractivity contribution in [3.05, 3.63) is 101 Å². The molecule has 1 amide bonds. The molecule has 0 radical (unpaired) electrons. The molecular formula is C26H20N2O5. The van der Waals surface area contributed by atoms with E-state index in [1.807, 2.05) is 19.1 Å². The van der Waals surface area contributed by atoms with E-state index in [-0.39, 0.29) is 17.5 Å². The molecule has 164 valence electrons. The first kappa shape index (κ1) is 21.7. The summed E-state index contributed by atoms with van der Waals surface area (Å²) in [6, 6.07) is 20.6. The van der Waals surface area contributed by atoms with Gasteiger partial charge in [0.1, 0.15) is 5.75 Å². The first-order valence-corrected chi connectivity index (χ1v) is 10.2. The summed E-state index contributed by atoms with van der Waals surface area (Å²) < 4.78 is 10.7. The van der Waals surface area contributed by atoms with Crippen LogP contribution in [-0.4, -0.2) is 23.7 Å². The third-order valence-corrected chi connectivity index (χ3v) is 4.75. The second-order valence-corrected chi connectivity index (χ2v) is 7.42. The normalized spacial score (nSPS) is 13.9. The largest absolute Gasteiger partial charge is 0.423 e. The monoisotopic (exact) mass is 440 g/mol. The van der Waals surface area contributed by atoms with Gasteiger partial charge in [-0.2, -0.15) is 0 Å². The predicted molar refractivity (Wildman–Crippen MR) is 124 cm³/mol. The summed E-state index contributed by atoms with van der Waals surface area (Å²) in [6.45, 7) is 3.37. The van der Waals surface area contributed by atoms with Crippen LogP contribution in [0.4, 0.5) is 5.69 Å². The van der Waals surface area contributed by atoms with Crippen LogP contribution in [0, 0.1) is 6.92 Å². The molecule has 1 aliphatic heterocycles. The first-order valence-electron chi connectivity index (χ1n) is 10.2. The highest BCUT2D eigenvalue weighted by Gasteiger charge is 2.24. The van der Waals surface area contributed by atoms with Crippen LogP contribution in [0.3, 0.4) is 0 Å². The molecule has 0 saturated carbocycles. The number of aliphatic imine (C=N–C) groups is 1. The molecule has 7 nitrogen and oxygen atoms in total. The van der Waals surface area contributed by atoms with E-state index in [9.17, 15) is 14.4 Å². The summed E-state index contributed by atoms with van der Waals surface area (Å²) >= 11 is 0. The topological polar surface area (TPSA) is 94.1 Å². The fourth-order valence-corrected chi connectivity index (χ4v) is 3.08. The minimum atomic E-state index is -0.564. The molecule has 1 N–H and O–H groups in total. The van der Waals surface area contributed by atoms with Gasteiger partial charge in [-0.3, -0.25) is 4.79 Å². The van der Waals surface area contributed by atoms with Gasteiger partial charge in [-0.1, -0.05) is 29.8 Å². The number of nitrogens with zero attached hydrogens (tertiary/aromatic N) is 1. The summed E-state index contributed by atoms with van der Waals surface area (Å²) in [4.78, 5) is 39.9. The van der Waals surface area contributed by atoms with Gasteiger partial charge in [0.2, 0.25) is 11.8 Å². The zero-order valence-electron chi connectivity index (χ0n) is 18.0. The SMILES string of the molecule is CC(=O)Nc1ccc(C2=N/C(=C\c3ccc(OC(=O)c4ccc(C)cc4)cc3)C(=O)O2)cc1. The van der Waals surface area contributed by atoms with Crippen molar-refractivity contribution in [1.29, 1.82) is 0 Å². The van der Waals surface area contributed by atoms with Crippen molar-refractivity contribution < 1.29 is 23.9 Å². The Balaban J connectivity index is 1.45. The number of benzene rings is 3. The summed E-state index contributed by atoms with van der Waals surface area (Å²) in [6.07, 6.45) is 1.59. The zero-order chi connectivity index (χ0) is 23.4. The van der Waals surface area contributed by atoms with E-state index in [0.717, 1.165) is 5.56 Å². The van der Waals surface area contributed by atoms with Gasteiger partial charge in [-0.05, 0) is 67.1 Å². The van der Waals surface area contributed by atoms with Gasteiger partial charge in [-0.15, -0.1) is 0 Å². The highest BCUT2D eigenvalue weighted by molar-refractivity contribution is 6.13. The van der Waals surface area contributed by atoms with Gasteiger partial charge in [0, 0.05) is 18.2 Å². The number of hydrogen-bond donors (Lipinski definition) is 1. The molecule has 0 aromatic heterocycles. The van der Waals surface area contributed by atoms with Crippen molar-refractivity contribution in [2.24, 2.45) is 4.99 Å². The van der Waals surface area contributed by atoms with Gasteiger partial charge in [0.25, 0.3) is 0 Å². The fraction of sp³-hybridized carbons (Fsp3) is 0.0769. The van der Waals surface area contributed by atoms with Crippen molar-refractivity contribution >= 4 is 35.5 Å². The molecule has 0 aliphatic carbocycles. The van der Waals surface area contributed by atoms with E-state index in [1.54, 1.807) is 66.7 Å². The number of nitrogens with one attached hydrogen (secondary N) is 1. The van der Waals surface area contributed by atoms with Gasteiger partial charge >= 0.3 is 11.9 Å². The van der Waals surface area contributed by atoms with Crippen LogP contribution in [0.1, 0.15) is 34.0 Å². The van der Waals surface area contributed by atoms with Crippen molar-refractivity contribution in [3.63, 3.8) is 0 Å². The van der Waals surface area contributed by atoms with E-state index in [4.69, 9.17) is 9.47 Å². The average Bonchev–Trinajstić information content (AvgIpc) is 3.15. The molecule has 3 aromatic carbocycles. The Hall–Kier alpha value is -4.52. The van der Waals surface area contributed by atoms with E-state index < -0.39 is 11.9 Å². The average molecular weight is 440 g/mol. The number of ether oxygens (including phenoxy) is 2. The fourth-order valence-electron chi connectivity index (χ4n) is 3.08. The third kappa shape index (κ3) is 5.40. The Morgan fingerprint density at radius 2 is 1.61 bits per heavy atom. The molecule has 4 rings (SSSR count). The molecule has 0 bridgehead atoms. The lowest BCUT2D eigenvalue weighted by atomic mass is 10.1. The minimum absolute atomic E-state index is 0.153. The van der Waals surface area contributed by atoms with Crippen LogP contribution in [0.25, 0.3) is 6.08 Å². The Morgan fingerprint density at radius 1 is 0.939 bits per heavy atom. The van der Waals surface area contributed by atoms with Gasteiger partial charge < -0.3 is 14.8 Å². The second kappa shape index (κ2) is 9.32. The second-order valence-electron chi connectivity index (χ2n) is 7.42. The molecule has 0 saturated heterocycles. The summed E-state index contributed by atoms with van der Waals surface area (Å²) in [7, 11) is 0. The van der Waals surface area contributed by atoms with Crippen molar-refractivity contribution in [2.45, 2.75) is 13.8 Å². The number of cyclic esters (lactones) is 1. The Bertz CT molecular complexity index is 1270. The van der Waals surface area contributed by atoms with Crippen LogP contribution in [0.2, 0.25) is 0 Å². The van der Waals surface area contributed by atoms with Crippen LogP contribution in [-0.2, 0) is 14.3 Å². The van der Waals surface area contributed by atoms with Crippen LogP contribution >= 0.6 is 0 Å². The highest BCUT2D eigenvalue weighted by atomic mass is 16.6.